The van der Waals surface area contributed by atoms with Crippen molar-refractivity contribution in [3.8, 4) is 0 Å². The van der Waals surface area contributed by atoms with Crippen molar-refractivity contribution in [3.05, 3.63) is 29.2 Å². The summed E-state index contributed by atoms with van der Waals surface area (Å²) in [5.41, 5.74) is 1.07. The second kappa shape index (κ2) is 4.16. The minimum Gasteiger partial charge on any atom is -0.493 e. The average Bonchev–Trinajstić information content (AvgIpc) is 2.70. The highest BCUT2D eigenvalue weighted by Gasteiger charge is 2.23. The summed E-state index contributed by atoms with van der Waals surface area (Å²) < 4.78 is 10.8. The van der Waals surface area contributed by atoms with Gasteiger partial charge in [0.15, 0.2) is 17.3 Å². The molecule has 1 aromatic rings. The first kappa shape index (κ1) is 11.0. The van der Waals surface area contributed by atoms with E-state index in [2.05, 4.69) is 0 Å². The van der Waals surface area contributed by atoms with E-state index in [-0.39, 0.29) is 11.7 Å². The number of ether oxygens (including phenoxy) is 1. The van der Waals surface area contributed by atoms with Crippen molar-refractivity contribution in [1.29, 1.82) is 0 Å². The van der Waals surface area contributed by atoms with Crippen LogP contribution < -0.4 is 0 Å². The predicted molar refractivity (Wildman–Crippen MR) is 61.2 cm³/mol. The number of hydrogen-bond donors (Lipinski definition) is 0. The van der Waals surface area contributed by atoms with Crippen molar-refractivity contribution >= 4 is 11.5 Å². The Morgan fingerprint density at radius 2 is 2.25 bits per heavy atom. The predicted octanol–water partition coefficient (Wildman–Crippen LogP) is 3.05. The van der Waals surface area contributed by atoms with Gasteiger partial charge in [0, 0.05) is 11.5 Å². The lowest BCUT2D eigenvalue weighted by molar-refractivity contribution is 0.0910. The lowest BCUT2D eigenvalue weighted by Gasteiger charge is -2.10. The molecule has 3 heteroatoms. The van der Waals surface area contributed by atoms with Gasteiger partial charge >= 0.3 is 0 Å². The summed E-state index contributed by atoms with van der Waals surface area (Å²) in [5.74, 6) is 1.92. The van der Waals surface area contributed by atoms with E-state index in [1.54, 1.807) is 7.11 Å². The van der Waals surface area contributed by atoms with E-state index < -0.39 is 0 Å². The van der Waals surface area contributed by atoms with Crippen LogP contribution in [0.15, 0.2) is 16.6 Å². The summed E-state index contributed by atoms with van der Waals surface area (Å²) in [6.45, 7) is 3.74. The van der Waals surface area contributed by atoms with Crippen molar-refractivity contribution in [3.63, 3.8) is 0 Å². The molecule has 0 aliphatic heterocycles. The van der Waals surface area contributed by atoms with Crippen molar-refractivity contribution in [1.82, 2.24) is 0 Å². The summed E-state index contributed by atoms with van der Waals surface area (Å²) in [6.07, 6.45) is 3.84. The molecule has 0 aromatic carbocycles. The van der Waals surface area contributed by atoms with Crippen LogP contribution in [0.2, 0.25) is 0 Å². The van der Waals surface area contributed by atoms with Gasteiger partial charge in [-0.15, -0.1) is 0 Å². The second-order valence-electron chi connectivity index (χ2n) is 4.30. The van der Waals surface area contributed by atoms with Crippen molar-refractivity contribution < 1.29 is 13.9 Å². The summed E-state index contributed by atoms with van der Waals surface area (Å²) >= 11 is 0. The Bertz CT molecular complexity index is 438. The maximum atomic E-state index is 11.8. The molecule has 3 nitrogen and oxygen atoms in total. The van der Waals surface area contributed by atoms with Gasteiger partial charge in [-0.2, -0.15) is 0 Å². The average molecular weight is 220 g/mol. The minimum absolute atomic E-state index is 0.0393. The van der Waals surface area contributed by atoms with E-state index in [9.17, 15) is 4.79 Å². The van der Waals surface area contributed by atoms with Crippen LogP contribution in [0.3, 0.4) is 0 Å². The van der Waals surface area contributed by atoms with E-state index in [0.29, 0.717) is 5.76 Å². The third kappa shape index (κ3) is 1.77. The van der Waals surface area contributed by atoms with E-state index in [1.165, 1.54) is 0 Å². The number of Topliss-reactive ketones (excluding diaryl/α,β-unsaturated/α-hetero) is 1. The van der Waals surface area contributed by atoms with E-state index >= 15 is 0 Å². The minimum atomic E-state index is -0.0393. The highest BCUT2D eigenvalue weighted by molar-refractivity contribution is 5.95. The van der Waals surface area contributed by atoms with Gasteiger partial charge in [-0.25, -0.2) is 0 Å². The van der Waals surface area contributed by atoms with Gasteiger partial charge in [-0.05, 0) is 25.0 Å². The quantitative estimate of drug-likeness (QED) is 0.735. The number of rotatable bonds is 3. The molecule has 0 unspecified atom stereocenters. The summed E-state index contributed by atoms with van der Waals surface area (Å²) in [4.78, 5) is 11.8. The zero-order chi connectivity index (χ0) is 11.7. The maximum absolute atomic E-state index is 11.8. The molecular weight excluding hydrogens is 204 g/mol. The Labute approximate surface area is 95.1 Å². The van der Waals surface area contributed by atoms with Gasteiger partial charge in [-0.3, -0.25) is 4.79 Å². The normalized spacial score (nSPS) is 14.6. The molecule has 16 heavy (non-hydrogen) atoms. The highest BCUT2D eigenvalue weighted by Crippen LogP contribution is 2.30. The Balaban J connectivity index is 2.37. The largest absolute Gasteiger partial charge is 0.493 e. The van der Waals surface area contributed by atoms with Crippen LogP contribution in [0.5, 0.6) is 0 Å². The van der Waals surface area contributed by atoms with Crippen molar-refractivity contribution in [2.45, 2.75) is 26.7 Å². The van der Waals surface area contributed by atoms with Gasteiger partial charge < -0.3 is 9.15 Å². The van der Waals surface area contributed by atoms with Gasteiger partial charge in [0.25, 0.3) is 0 Å². The topological polar surface area (TPSA) is 39.4 Å². The molecule has 2 rings (SSSR count). The summed E-state index contributed by atoms with van der Waals surface area (Å²) in [6, 6.07) is 1.85. The molecule has 1 heterocycles. The Kier molecular flexibility index (Phi) is 2.86. The van der Waals surface area contributed by atoms with Crippen LogP contribution in [0.4, 0.5) is 0 Å². The monoisotopic (exact) mass is 220 g/mol. The standard InChI is InChI=1S/C13H16O3/c1-8(2)12(14)11-7-9-5-4-6-10(15-3)13(9)16-11/h6-8H,4-5H2,1-3H3. The third-order valence-electron chi connectivity index (χ3n) is 2.76. The third-order valence-corrected chi connectivity index (χ3v) is 2.76. The number of fused-ring (bicyclic) bond motifs is 1. The van der Waals surface area contributed by atoms with Gasteiger partial charge in [0.2, 0.25) is 5.78 Å². The SMILES string of the molecule is COC1=CCCc2cc(C(=O)C(C)C)oc21. The molecule has 0 N–H and O–H groups in total. The molecule has 86 valence electrons. The van der Waals surface area contributed by atoms with Crippen LogP contribution in [-0.4, -0.2) is 12.9 Å². The molecule has 0 radical (unpaired) electrons. The Hall–Kier alpha value is -1.51. The molecule has 0 bridgehead atoms. The van der Waals surface area contributed by atoms with Crippen LogP contribution in [0.25, 0.3) is 5.76 Å². The maximum Gasteiger partial charge on any atom is 0.200 e. The Morgan fingerprint density at radius 1 is 1.50 bits per heavy atom. The summed E-state index contributed by atoms with van der Waals surface area (Å²) in [5, 5.41) is 0. The van der Waals surface area contributed by atoms with E-state index in [1.807, 2.05) is 26.0 Å². The number of aryl methyl sites for hydroxylation is 1. The zero-order valence-electron chi connectivity index (χ0n) is 9.87. The number of carbonyl (C=O) groups is 1. The number of carbonyl (C=O) groups excluding carboxylic acids is 1. The first-order valence-corrected chi connectivity index (χ1v) is 5.55. The first-order chi connectivity index (χ1) is 7.63. The van der Waals surface area contributed by atoms with Crippen molar-refractivity contribution in [2.24, 2.45) is 5.92 Å². The van der Waals surface area contributed by atoms with Crippen LogP contribution in [0, 0.1) is 5.92 Å². The van der Waals surface area contributed by atoms with Crippen LogP contribution in [-0.2, 0) is 11.2 Å². The number of hydrogen-bond acceptors (Lipinski definition) is 3. The first-order valence-electron chi connectivity index (χ1n) is 5.55. The molecule has 0 fully saturated rings. The van der Waals surface area contributed by atoms with Crippen LogP contribution in [0.1, 0.15) is 42.1 Å². The Morgan fingerprint density at radius 3 is 2.88 bits per heavy atom. The van der Waals surface area contributed by atoms with Crippen LogP contribution >= 0.6 is 0 Å². The van der Waals surface area contributed by atoms with Crippen molar-refractivity contribution in [2.75, 3.05) is 7.11 Å². The molecule has 1 aromatic heterocycles. The molecule has 1 aliphatic rings. The molecule has 0 atom stereocenters. The van der Waals surface area contributed by atoms with Gasteiger partial charge in [0.05, 0.1) is 7.11 Å². The smallest absolute Gasteiger partial charge is 0.200 e. The van der Waals surface area contributed by atoms with E-state index in [0.717, 1.165) is 29.9 Å². The molecule has 1 aliphatic carbocycles. The fourth-order valence-corrected chi connectivity index (χ4v) is 1.86. The number of methoxy groups -OCH3 is 1. The second-order valence-corrected chi connectivity index (χ2v) is 4.30. The lowest BCUT2D eigenvalue weighted by atomic mass is 10.0. The molecular formula is C13H16O3. The lowest BCUT2D eigenvalue weighted by Crippen LogP contribution is -2.05. The van der Waals surface area contributed by atoms with E-state index in [4.69, 9.17) is 9.15 Å². The fraction of sp³-hybridized carbons (Fsp3) is 0.462. The number of furan rings is 1. The summed E-state index contributed by atoms with van der Waals surface area (Å²) in [7, 11) is 1.62. The number of ketones is 1. The highest BCUT2D eigenvalue weighted by atomic mass is 16.5. The molecule has 0 saturated heterocycles. The zero-order valence-corrected chi connectivity index (χ0v) is 9.87. The van der Waals surface area contributed by atoms with Gasteiger partial charge in [0.1, 0.15) is 0 Å². The fourth-order valence-electron chi connectivity index (χ4n) is 1.86. The number of allylic oxidation sites excluding steroid dienone is 1. The molecule has 0 saturated carbocycles. The molecule has 0 spiro atoms. The van der Waals surface area contributed by atoms with Gasteiger partial charge in [-0.1, -0.05) is 13.8 Å². The molecule has 0 amide bonds.